The maximum absolute atomic E-state index is 6.13. The zero-order valence-electron chi connectivity index (χ0n) is 9.68. The van der Waals surface area contributed by atoms with E-state index in [0.29, 0.717) is 12.1 Å². The molecule has 16 heavy (non-hydrogen) atoms. The van der Waals surface area contributed by atoms with Crippen LogP contribution in [0.25, 0.3) is 0 Å². The van der Waals surface area contributed by atoms with Gasteiger partial charge < -0.3 is 5.73 Å². The van der Waals surface area contributed by atoms with Gasteiger partial charge in [0.15, 0.2) is 0 Å². The van der Waals surface area contributed by atoms with Gasteiger partial charge in [0.05, 0.1) is 0 Å². The molecule has 2 aliphatic rings. The molecule has 1 heterocycles. The molecule has 0 amide bonds. The predicted octanol–water partition coefficient (Wildman–Crippen LogP) is 1.97. The standard InChI is InChI=1S/C14H20N2/c15-13-7-4-8-14(13)16-9-12(10-16)11-5-2-1-3-6-11/h1-3,5-6,12-14H,4,7-10,15H2. The number of benzene rings is 1. The van der Waals surface area contributed by atoms with E-state index in [1.807, 2.05) is 0 Å². The van der Waals surface area contributed by atoms with Gasteiger partial charge in [-0.25, -0.2) is 0 Å². The SMILES string of the molecule is NC1CCCC1N1CC(c2ccccc2)C1. The molecule has 2 atom stereocenters. The molecular weight excluding hydrogens is 196 g/mol. The van der Waals surface area contributed by atoms with Crippen molar-refractivity contribution in [1.29, 1.82) is 0 Å². The van der Waals surface area contributed by atoms with Gasteiger partial charge in [-0.2, -0.15) is 0 Å². The smallest absolute Gasteiger partial charge is 0.0247 e. The summed E-state index contributed by atoms with van der Waals surface area (Å²) in [6.45, 7) is 2.42. The van der Waals surface area contributed by atoms with Crippen LogP contribution in [0.3, 0.4) is 0 Å². The van der Waals surface area contributed by atoms with Crippen LogP contribution in [0.1, 0.15) is 30.7 Å². The monoisotopic (exact) mass is 216 g/mol. The van der Waals surface area contributed by atoms with E-state index in [0.717, 1.165) is 5.92 Å². The van der Waals surface area contributed by atoms with E-state index in [-0.39, 0.29) is 0 Å². The molecule has 2 fully saturated rings. The van der Waals surface area contributed by atoms with Crippen molar-refractivity contribution in [3.63, 3.8) is 0 Å². The lowest BCUT2D eigenvalue weighted by atomic mass is 9.89. The summed E-state index contributed by atoms with van der Waals surface area (Å²) >= 11 is 0. The Morgan fingerprint density at radius 2 is 1.81 bits per heavy atom. The van der Waals surface area contributed by atoms with E-state index >= 15 is 0 Å². The van der Waals surface area contributed by atoms with Crippen molar-refractivity contribution in [2.45, 2.75) is 37.3 Å². The molecule has 3 rings (SSSR count). The van der Waals surface area contributed by atoms with Crippen LogP contribution in [-0.4, -0.2) is 30.1 Å². The lowest BCUT2D eigenvalue weighted by Gasteiger charge is -2.44. The van der Waals surface area contributed by atoms with Crippen LogP contribution in [0.4, 0.5) is 0 Å². The Morgan fingerprint density at radius 1 is 1.06 bits per heavy atom. The second-order valence-corrected chi connectivity index (χ2v) is 5.22. The summed E-state index contributed by atoms with van der Waals surface area (Å²) in [4.78, 5) is 2.58. The third kappa shape index (κ3) is 1.76. The van der Waals surface area contributed by atoms with Crippen LogP contribution >= 0.6 is 0 Å². The zero-order valence-corrected chi connectivity index (χ0v) is 9.68. The second-order valence-electron chi connectivity index (χ2n) is 5.22. The Hall–Kier alpha value is -0.860. The number of likely N-dealkylation sites (tertiary alicyclic amines) is 1. The van der Waals surface area contributed by atoms with Crippen molar-refractivity contribution in [3.8, 4) is 0 Å². The van der Waals surface area contributed by atoms with E-state index in [4.69, 9.17) is 5.73 Å². The van der Waals surface area contributed by atoms with Gasteiger partial charge in [-0.3, -0.25) is 4.90 Å². The first kappa shape index (κ1) is 10.3. The first-order valence-electron chi connectivity index (χ1n) is 6.39. The van der Waals surface area contributed by atoms with E-state index in [2.05, 4.69) is 35.2 Å². The molecule has 1 aliphatic heterocycles. The fourth-order valence-electron chi connectivity index (χ4n) is 3.14. The molecule has 0 aromatic heterocycles. The molecule has 86 valence electrons. The highest BCUT2D eigenvalue weighted by Crippen LogP contribution is 2.33. The molecular formula is C14H20N2. The highest BCUT2D eigenvalue weighted by atomic mass is 15.2. The van der Waals surface area contributed by atoms with Crippen molar-refractivity contribution in [2.75, 3.05) is 13.1 Å². The molecule has 2 heteroatoms. The maximum atomic E-state index is 6.13. The van der Waals surface area contributed by atoms with E-state index in [9.17, 15) is 0 Å². The quantitative estimate of drug-likeness (QED) is 0.819. The van der Waals surface area contributed by atoms with Gasteiger partial charge in [0.25, 0.3) is 0 Å². The fourth-order valence-corrected chi connectivity index (χ4v) is 3.14. The Bertz CT molecular complexity index is 343. The van der Waals surface area contributed by atoms with Crippen LogP contribution in [0.2, 0.25) is 0 Å². The highest BCUT2D eigenvalue weighted by molar-refractivity contribution is 5.23. The summed E-state index contributed by atoms with van der Waals surface area (Å²) in [6, 6.07) is 12.0. The summed E-state index contributed by atoms with van der Waals surface area (Å²) in [5.74, 6) is 0.744. The maximum Gasteiger partial charge on any atom is 0.0247 e. The Balaban J connectivity index is 1.59. The van der Waals surface area contributed by atoms with Crippen molar-refractivity contribution >= 4 is 0 Å². The first-order valence-corrected chi connectivity index (χ1v) is 6.39. The van der Waals surface area contributed by atoms with Gasteiger partial charge in [0.2, 0.25) is 0 Å². The number of hydrogen-bond acceptors (Lipinski definition) is 2. The predicted molar refractivity (Wildman–Crippen MR) is 66.4 cm³/mol. The van der Waals surface area contributed by atoms with Gasteiger partial charge in [-0.15, -0.1) is 0 Å². The van der Waals surface area contributed by atoms with Gasteiger partial charge in [0.1, 0.15) is 0 Å². The molecule has 1 saturated carbocycles. The minimum atomic E-state index is 0.428. The molecule has 0 spiro atoms. The molecule has 0 bridgehead atoms. The zero-order chi connectivity index (χ0) is 11.0. The van der Waals surface area contributed by atoms with E-state index < -0.39 is 0 Å². The summed E-state index contributed by atoms with van der Waals surface area (Å²) in [6.07, 6.45) is 3.85. The molecule has 1 saturated heterocycles. The fraction of sp³-hybridized carbons (Fsp3) is 0.571. The minimum Gasteiger partial charge on any atom is -0.326 e. The van der Waals surface area contributed by atoms with Gasteiger partial charge in [-0.1, -0.05) is 36.8 Å². The molecule has 2 unspecified atom stereocenters. The molecule has 2 N–H and O–H groups in total. The molecule has 0 radical (unpaired) electrons. The third-order valence-electron chi connectivity index (χ3n) is 4.18. The molecule has 1 aromatic rings. The summed E-state index contributed by atoms with van der Waals surface area (Å²) in [5.41, 5.74) is 7.62. The van der Waals surface area contributed by atoms with Gasteiger partial charge in [-0.05, 0) is 18.4 Å². The average molecular weight is 216 g/mol. The summed E-state index contributed by atoms with van der Waals surface area (Å²) in [5, 5.41) is 0. The molecule has 2 nitrogen and oxygen atoms in total. The van der Waals surface area contributed by atoms with Crippen LogP contribution < -0.4 is 5.73 Å². The minimum absolute atomic E-state index is 0.428. The Morgan fingerprint density at radius 3 is 2.44 bits per heavy atom. The van der Waals surface area contributed by atoms with Gasteiger partial charge in [0, 0.05) is 31.1 Å². The van der Waals surface area contributed by atoms with Crippen LogP contribution in [0.15, 0.2) is 30.3 Å². The van der Waals surface area contributed by atoms with Crippen LogP contribution in [0, 0.1) is 0 Å². The summed E-state index contributed by atoms with van der Waals surface area (Å²) < 4.78 is 0. The lowest BCUT2D eigenvalue weighted by molar-refractivity contribution is 0.0860. The average Bonchev–Trinajstić information content (AvgIpc) is 2.65. The van der Waals surface area contributed by atoms with E-state index in [1.54, 1.807) is 0 Å². The normalized spacial score (nSPS) is 31.6. The van der Waals surface area contributed by atoms with Crippen molar-refractivity contribution in [1.82, 2.24) is 4.90 Å². The number of hydrogen-bond donors (Lipinski definition) is 1. The Kier molecular flexibility index (Phi) is 2.70. The number of nitrogens with zero attached hydrogens (tertiary/aromatic N) is 1. The van der Waals surface area contributed by atoms with Gasteiger partial charge >= 0.3 is 0 Å². The molecule has 1 aliphatic carbocycles. The third-order valence-corrected chi connectivity index (χ3v) is 4.18. The topological polar surface area (TPSA) is 29.3 Å². The largest absolute Gasteiger partial charge is 0.326 e. The number of nitrogens with two attached hydrogens (primary N) is 1. The van der Waals surface area contributed by atoms with Crippen LogP contribution in [0.5, 0.6) is 0 Å². The van der Waals surface area contributed by atoms with Crippen molar-refractivity contribution in [3.05, 3.63) is 35.9 Å². The Labute approximate surface area is 97.4 Å². The van der Waals surface area contributed by atoms with Crippen LogP contribution in [-0.2, 0) is 0 Å². The van der Waals surface area contributed by atoms with Crippen molar-refractivity contribution < 1.29 is 0 Å². The highest BCUT2D eigenvalue weighted by Gasteiger charge is 2.37. The second kappa shape index (κ2) is 4.19. The molecule has 1 aromatic carbocycles. The lowest BCUT2D eigenvalue weighted by Crippen LogP contribution is -2.54. The summed E-state index contributed by atoms with van der Waals surface area (Å²) in [7, 11) is 0. The van der Waals surface area contributed by atoms with Crippen molar-refractivity contribution in [2.24, 2.45) is 5.73 Å². The van der Waals surface area contributed by atoms with E-state index in [1.165, 1.54) is 37.9 Å². The number of rotatable bonds is 2. The first-order chi connectivity index (χ1) is 7.84.